The molecule has 122 valence electrons. The Morgan fingerprint density at radius 2 is 1.00 bits per heavy atom. The Balaban J connectivity index is 2.22. The van der Waals surface area contributed by atoms with Gasteiger partial charge in [-0.2, -0.15) is 0 Å². The molecule has 0 saturated carbocycles. The van der Waals surface area contributed by atoms with Crippen molar-refractivity contribution in [3.63, 3.8) is 0 Å². The molecule has 0 aliphatic carbocycles. The van der Waals surface area contributed by atoms with Gasteiger partial charge in [-0.1, -0.05) is 30.3 Å². The highest BCUT2D eigenvalue weighted by Gasteiger charge is 2.15. The predicted octanol–water partition coefficient (Wildman–Crippen LogP) is 6.70. The van der Waals surface area contributed by atoms with Crippen LogP contribution in [0.2, 0.25) is 0 Å². The van der Waals surface area contributed by atoms with Crippen LogP contribution in [-0.2, 0) is 0 Å². The highest BCUT2D eigenvalue weighted by Crippen LogP contribution is 2.37. The van der Waals surface area contributed by atoms with Gasteiger partial charge in [0.05, 0.1) is 0 Å². The van der Waals surface area contributed by atoms with Gasteiger partial charge < -0.3 is 4.90 Å². The van der Waals surface area contributed by atoms with Crippen LogP contribution in [0.1, 0.15) is 27.8 Å². The molecule has 0 unspecified atom stereocenters. The number of para-hydroxylation sites is 1. The van der Waals surface area contributed by atoms with Crippen molar-refractivity contribution in [3.8, 4) is 0 Å². The van der Waals surface area contributed by atoms with E-state index in [4.69, 9.17) is 0 Å². The second-order valence-electron chi connectivity index (χ2n) is 6.66. The summed E-state index contributed by atoms with van der Waals surface area (Å²) < 4.78 is 0. The van der Waals surface area contributed by atoms with Crippen molar-refractivity contribution >= 4 is 17.1 Å². The quantitative estimate of drug-likeness (QED) is 0.520. The lowest BCUT2D eigenvalue weighted by atomic mass is 10.0. The van der Waals surface area contributed by atoms with Crippen molar-refractivity contribution in [3.05, 3.63) is 88.5 Å². The van der Waals surface area contributed by atoms with Crippen molar-refractivity contribution in [1.82, 2.24) is 0 Å². The molecule has 0 aliphatic heterocycles. The maximum atomic E-state index is 2.36. The van der Waals surface area contributed by atoms with Gasteiger partial charge in [0, 0.05) is 17.1 Å². The minimum Gasteiger partial charge on any atom is -0.310 e. The Labute approximate surface area is 145 Å². The fraction of sp³-hybridized carbons (Fsp3) is 0.217. The fourth-order valence-corrected chi connectivity index (χ4v) is 2.97. The summed E-state index contributed by atoms with van der Waals surface area (Å²) in [6.45, 7) is 10.8. The van der Waals surface area contributed by atoms with Crippen molar-refractivity contribution in [2.75, 3.05) is 4.90 Å². The van der Waals surface area contributed by atoms with Crippen LogP contribution in [0.3, 0.4) is 0 Å². The lowest BCUT2D eigenvalue weighted by Crippen LogP contribution is -2.12. The lowest BCUT2D eigenvalue weighted by Gasteiger charge is -2.28. The predicted molar refractivity (Wildman–Crippen MR) is 105 cm³/mol. The molecule has 1 heteroatoms. The van der Waals surface area contributed by atoms with Gasteiger partial charge in [0.1, 0.15) is 0 Å². The van der Waals surface area contributed by atoms with Crippen LogP contribution in [0, 0.1) is 34.6 Å². The maximum Gasteiger partial charge on any atom is 0.0490 e. The second kappa shape index (κ2) is 6.52. The summed E-state index contributed by atoms with van der Waals surface area (Å²) in [4.78, 5) is 2.36. The zero-order valence-electron chi connectivity index (χ0n) is 15.2. The first-order valence-electron chi connectivity index (χ1n) is 8.47. The lowest BCUT2D eigenvalue weighted by molar-refractivity contribution is 1.21. The number of hydrogen-bond acceptors (Lipinski definition) is 1. The first-order chi connectivity index (χ1) is 11.5. The van der Waals surface area contributed by atoms with Crippen LogP contribution >= 0.6 is 0 Å². The maximum absolute atomic E-state index is 2.36. The Hall–Kier alpha value is -2.54. The third kappa shape index (κ3) is 3.07. The van der Waals surface area contributed by atoms with E-state index < -0.39 is 0 Å². The number of nitrogens with zero attached hydrogens (tertiary/aromatic N) is 1. The van der Waals surface area contributed by atoms with Crippen LogP contribution in [0.15, 0.2) is 60.7 Å². The Morgan fingerprint density at radius 1 is 0.500 bits per heavy atom. The Bertz CT molecular complexity index is 825. The molecule has 0 spiro atoms. The molecule has 0 saturated heterocycles. The summed E-state index contributed by atoms with van der Waals surface area (Å²) in [6.07, 6.45) is 0. The normalized spacial score (nSPS) is 10.7. The number of rotatable bonds is 3. The first-order valence-corrected chi connectivity index (χ1v) is 8.47. The summed E-state index contributed by atoms with van der Waals surface area (Å²) in [5, 5.41) is 0. The summed E-state index contributed by atoms with van der Waals surface area (Å²) in [5.74, 6) is 0. The van der Waals surface area contributed by atoms with Gasteiger partial charge in [0.25, 0.3) is 0 Å². The molecule has 0 N–H and O–H groups in total. The molecule has 0 heterocycles. The van der Waals surface area contributed by atoms with E-state index in [-0.39, 0.29) is 0 Å². The van der Waals surface area contributed by atoms with E-state index in [1.807, 2.05) is 0 Å². The minimum absolute atomic E-state index is 1.20. The van der Waals surface area contributed by atoms with Gasteiger partial charge in [-0.05, 0) is 92.8 Å². The molecule has 0 aromatic heterocycles. The van der Waals surface area contributed by atoms with Gasteiger partial charge in [-0.15, -0.1) is 0 Å². The van der Waals surface area contributed by atoms with Crippen molar-refractivity contribution in [2.24, 2.45) is 0 Å². The van der Waals surface area contributed by atoms with E-state index in [1.165, 1.54) is 44.9 Å². The van der Waals surface area contributed by atoms with Gasteiger partial charge in [-0.3, -0.25) is 0 Å². The largest absolute Gasteiger partial charge is 0.310 e. The van der Waals surface area contributed by atoms with Gasteiger partial charge >= 0.3 is 0 Å². The summed E-state index contributed by atoms with van der Waals surface area (Å²) in [5.41, 5.74) is 10.2. The average Bonchev–Trinajstić information content (AvgIpc) is 2.56. The van der Waals surface area contributed by atoms with E-state index in [1.54, 1.807) is 0 Å². The van der Waals surface area contributed by atoms with Crippen LogP contribution in [0.5, 0.6) is 0 Å². The topological polar surface area (TPSA) is 3.24 Å². The summed E-state index contributed by atoms with van der Waals surface area (Å²) in [6, 6.07) is 22.0. The summed E-state index contributed by atoms with van der Waals surface area (Å²) in [7, 11) is 0. The van der Waals surface area contributed by atoms with Crippen molar-refractivity contribution < 1.29 is 0 Å². The van der Waals surface area contributed by atoms with Gasteiger partial charge in [0.2, 0.25) is 0 Å². The number of benzene rings is 3. The zero-order chi connectivity index (χ0) is 17.3. The monoisotopic (exact) mass is 315 g/mol. The van der Waals surface area contributed by atoms with E-state index in [0.29, 0.717) is 0 Å². The van der Waals surface area contributed by atoms with Crippen molar-refractivity contribution in [2.45, 2.75) is 34.6 Å². The van der Waals surface area contributed by atoms with Crippen LogP contribution in [0.4, 0.5) is 17.1 Å². The third-order valence-corrected chi connectivity index (χ3v) is 4.85. The minimum atomic E-state index is 1.20. The SMILES string of the molecule is Cc1ccc(N(c2ccc(C)c(C)c2)c2ccccc2C)cc1C. The molecular formula is C23H25N. The van der Waals surface area contributed by atoms with E-state index in [0.717, 1.165) is 0 Å². The molecule has 3 rings (SSSR count). The smallest absolute Gasteiger partial charge is 0.0490 e. The molecule has 0 fully saturated rings. The molecule has 1 nitrogen and oxygen atoms in total. The van der Waals surface area contributed by atoms with Crippen LogP contribution in [0.25, 0.3) is 0 Å². The molecule has 3 aromatic carbocycles. The molecule has 0 amide bonds. The van der Waals surface area contributed by atoms with Crippen molar-refractivity contribution in [1.29, 1.82) is 0 Å². The zero-order valence-corrected chi connectivity index (χ0v) is 15.2. The molecule has 0 radical (unpaired) electrons. The average molecular weight is 315 g/mol. The Kier molecular flexibility index (Phi) is 4.44. The highest BCUT2D eigenvalue weighted by atomic mass is 15.1. The Morgan fingerprint density at radius 3 is 1.46 bits per heavy atom. The first kappa shape index (κ1) is 16.3. The van der Waals surface area contributed by atoms with E-state index in [2.05, 4.69) is 100 Å². The second-order valence-corrected chi connectivity index (χ2v) is 6.66. The fourth-order valence-electron chi connectivity index (χ4n) is 2.97. The van der Waals surface area contributed by atoms with E-state index in [9.17, 15) is 0 Å². The standard InChI is InChI=1S/C23H25N/c1-16-10-12-21(14-19(16)4)24(23-9-7-6-8-18(23)3)22-13-11-17(2)20(5)15-22/h6-15H,1-5H3. The molecular weight excluding hydrogens is 290 g/mol. The highest BCUT2D eigenvalue weighted by molar-refractivity contribution is 5.79. The molecule has 24 heavy (non-hydrogen) atoms. The molecule has 0 atom stereocenters. The number of hydrogen-bond donors (Lipinski definition) is 0. The number of anilines is 3. The van der Waals surface area contributed by atoms with Gasteiger partial charge in [0.15, 0.2) is 0 Å². The van der Waals surface area contributed by atoms with Gasteiger partial charge in [-0.25, -0.2) is 0 Å². The van der Waals surface area contributed by atoms with Crippen LogP contribution < -0.4 is 4.90 Å². The summed E-state index contributed by atoms with van der Waals surface area (Å²) >= 11 is 0. The molecule has 0 aliphatic rings. The van der Waals surface area contributed by atoms with Crippen LogP contribution in [-0.4, -0.2) is 0 Å². The third-order valence-electron chi connectivity index (χ3n) is 4.85. The molecule has 3 aromatic rings. The number of aryl methyl sites for hydroxylation is 5. The molecule has 0 bridgehead atoms. The van der Waals surface area contributed by atoms with E-state index >= 15 is 0 Å².